The van der Waals surface area contributed by atoms with E-state index in [2.05, 4.69) is 28.6 Å². The van der Waals surface area contributed by atoms with Crippen molar-refractivity contribution in [2.24, 2.45) is 5.73 Å². The van der Waals surface area contributed by atoms with Gasteiger partial charge in [-0.1, -0.05) is 19.3 Å². The van der Waals surface area contributed by atoms with Crippen LogP contribution in [0.25, 0.3) is 17.2 Å². The quantitative estimate of drug-likeness (QED) is 0.781. The molecular formula is C19H24N6O. The van der Waals surface area contributed by atoms with Crippen molar-refractivity contribution in [3.63, 3.8) is 0 Å². The van der Waals surface area contributed by atoms with Crippen molar-refractivity contribution in [2.75, 3.05) is 0 Å². The average Bonchev–Trinajstić information content (AvgIpc) is 3.14. The normalized spacial score (nSPS) is 15.6. The van der Waals surface area contributed by atoms with E-state index in [1.54, 1.807) is 0 Å². The molecule has 1 amide bonds. The minimum atomic E-state index is -0.414. The van der Waals surface area contributed by atoms with Crippen LogP contribution in [0.4, 0.5) is 0 Å². The Morgan fingerprint density at radius 3 is 2.73 bits per heavy atom. The standard InChI is InChI=1S/C19H24N6O/c1-12-8-9-24-17(10-12)21-13(2)18(24)19-22-16(11-15(20)26)23-25(19)14-6-4-3-5-7-14/h8-10,14H,3-7,11H2,1-2H3,(H2,20,26). The van der Waals surface area contributed by atoms with E-state index >= 15 is 0 Å². The lowest BCUT2D eigenvalue weighted by molar-refractivity contribution is -0.117. The van der Waals surface area contributed by atoms with Crippen LogP contribution in [0, 0.1) is 13.8 Å². The molecule has 1 fully saturated rings. The van der Waals surface area contributed by atoms with E-state index in [1.807, 2.05) is 17.8 Å². The van der Waals surface area contributed by atoms with E-state index in [0.29, 0.717) is 11.9 Å². The van der Waals surface area contributed by atoms with E-state index in [4.69, 9.17) is 15.7 Å². The van der Waals surface area contributed by atoms with Crippen LogP contribution in [0.1, 0.15) is 55.2 Å². The number of carbonyl (C=O) groups is 1. The van der Waals surface area contributed by atoms with Crippen molar-refractivity contribution in [1.29, 1.82) is 0 Å². The minimum absolute atomic E-state index is 0.0572. The summed E-state index contributed by atoms with van der Waals surface area (Å²) >= 11 is 0. The summed E-state index contributed by atoms with van der Waals surface area (Å²) in [4.78, 5) is 20.8. The smallest absolute Gasteiger partial charge is 0.225 e. The Hall–Kier alpha value is -2.70. The van der Waals surface area contributed by atoms with E-state index in [9.17, 15) is 4.79 Å². The molecule has 0 aromatic carbocycles. The zero-order valence-electron chi connectivity index (χ0n) is 15.3. The van der Waals surface area contributed by atoms with Crippen LogP contribution < -0.4 is 5.73 Å². The highest BCUT2D eigenvalue weighted by Gasteiger charge is 2.25. The highest BCUT2D eigenvalue weighted by atomic mass is 16.1. The van der Waals surface area contributed by atoms with Gasteiger partial charge in [-0.05, 0) is 44.4 Å². The molecule has 1 saturated carbocycles. The second-order valence-corrected chi connectivity index (χ2v) is 7.21. The number of rotatable bonds is 4. The van der Waals surface area contributed by atoms with E-state index in [1.165, 1.54) is 19.3 Å². The van der Waals surface area contributed by atoms with Crippen LogP contribution >= 0.6 is 0 Å². The molecule has 0 radical (unpaired) electrons. The van der Waals surface area contributed by atoms with Crippen LogP contribution in [-0.2, 0) is 11.2 Å². The third-order valence-electron chi connectivity index (χ3n) is 5.10. The summed E-state index contributed by atoms with van der Waals surface area (Å²) in [5, 5.41) is 4.66. The molecule has 0 unspecified atom stereocenters. The fraction of sp³-hybridized carbons (Fsp3) is 0.474. The van der Waals surface area contributed by atoms with E-state index in [-0.39, 0.29) is 6.42 Å². The number of nitrogens with zero attached hydrogens (tertiary/aromatic N) is 5. The van der Waals surface area contributed by atoms with Crippen molar-refractivity contribution in [2.45, 2.75) is 58.4 Å². The van der Waals surface area contributed by atoms with Gasteiger partial charge < -0.3 is 5.73 Å². The summed E-state index contributed by atoms with van der Waals surface area (Å²) in [6.45, 7) is 4.05. The number of pyridine rings is 1. The SMILES string of the molecule is Cc1ccn2c(-c3nc(CC(N)=O)nn3C3CCCCC3)c(C)nc2c1. The lowest BCUT2D eigenvalue weighted by atomic mass is 9.95. The van der Waals surface area contributed by atoms with Crippen molar-refractivity contribution < 1.29 is 4.79 Å². The third-order valence-corrected chi connectivity index (χ3v) is 5.10. The first-order valence-corrected chi connectivity index (χ1v) is 9.22. The highest BCUT2D eigenvalue weighted by Crippen LogP contribution is 2.32. The number of carbonyl (C=O) groups excluding carboxylic acids is 1. The Labute approximate surface area is 152 Å². The van der Waals surface area contributed by atoms with Gasteiger partial charge >= 0.3 is 0 Å². The molecular weight excluding hydrogens is 328 g/mol. The summed E-state index contributed by atoms with van der Waals surface area (Å²) in [7, 11) is 0. The first-order chi connectivity index (χ1) is 12.5. The van der Waals surface area contributed by atoms with Gasteiger partial charge in [0.05, 0.1) is 18.2 Å². The summed E-state index contributed by atoms with van der Waals surface area (Å²) < 4.78 is 4.06. The monoisotopic (exact) mass is 352 g/mol. The summed E-state index contributed by atoms with van der Waals surface area (Å²) in [5.74, 6) is 0.851. The summed E-state index contributed by atoms with van der Waals surface area (Å²) in [6, 6.07) is 4.43. The molecule has 0 bridgehead atoms. The molecule has 1 aliphatic rings. The Balaban J connectivity index is 1.88. The number of aromatic nitrogens is 5. The molecule has 0 aliphatic heterocycles. The number of primary amides is 1. The van der Waals surface area contributed by atoms with E-state index < -0.39 is 5.91 Å². The minimum Gasteiger partial charge on any atom is -0.369 e. The molecule has 0 atom stereocenters. The maximum atomic E-state index is 11.4. The maximum Gasteiger partial charge on any atom is 0.225 e. The van der Waals surface area contributed by atoms with Crippen molar-refractivity contribution in [3.05, 3.63) is 35.4 Å². The second kappa shape index (κ2) is 6.55. The molecule has 4 rings (SSSR count). The predicted octanol–water partition coefficient (Wildman–Crippen LogP) is 2.74. The van der Waals surface area contributed by atoms with Gasteiger partial charge in [0.1, 0.15) is 11.3 Å². The van der Waals surface area contributed by atoms with Gasteiger partial charge in [-0.3, -0.25) is 9.20 Å². The molecule has 3 aromatic heterocycles. The fourth-order valence-corrected chi connectivity index (χ4v) is 3.87. The largest absolute Gasteiger partial charge is 0.369 e. The van der Waals surface area contributed by atoms with Gasteiger partial charge in [-0.2, -0.15) is 5.10 Å². The molecule has 0 saturated heterocycles. The highest BCUT2D eigenvalue weighted by molar-refractivity contribution is 5.75. The number of hydrogen-bond donors (Lipinski definition) is 1. The van der Waals surface area contributed by atoms with E-state index in [0.717, 1.165) is 41.3 Å². The van der Waals surface area contributed by atoms with Crippen LogP contribution in [0.5, 0.6) is 0 Å². The summed E-state index contributed by atoms with van der Waals surface area (Å²) in [6.07, 6.45) is 7.90. The molecule has 136 valence electrons. The van der Waals surface area contributed by atoms with Gasteiger partial charge in [0.2, 0.25) is 5.91 Å². The van der Waals surface area contributed by atoms with Gasteiger partial charge in [0.25, 0.3) is 0 Å². The molecule has 1 aliphatic carbocycles. The van der Waals surface area contributed by atoms with Gasteiger partial charge in [-0.25, -0.2) is 14.6 Å². The molecule has 26 heavy (non-hydrogen) atoms. The number of imidazole rings is 1. The van der Waals surface area contributed by atoms with Crippen LogP contribution in [0.3, 0.4) is 0 Å². The Morgan fingerprint density at radius 1 is 1.23 bits per heavy atom. The molecule has 3 heterocycles. The number of aryl methyl sites for hydroxylation is 2. The van der Waals surface area contributed by atoms with Gasteiger partial charge in [0.15, 0.2) is 11.6 Å². The first-order valence-electron chi connectivity index (χ1n) is 9.22. The zero-order chi connectivity index (χ0) is 18.3. The Bertz CT molecular complexity index is 964. The lowest BCUT2D eigenvalue weighted by Crippen LogP contribution is -2.17. The second-order valence-electron chi connectivity index (χ2n) is 7.21. The van der Waals surface area contributed by atoms with Crippen LogP contribution in [-0.4, -0.2) is 30.1 Å². The zero-order valence-corrected chi connectivity index (χ0v) is 15.3. The van der Waals surface area contributed by atoms with Crippen molar-refractivity contribution in [1.82, 2.24) is 24.1 Å². The Kier molecular flexibility index (Phi) is 4.22. The van der Waals surface area contributed by atoms with Crippen LogP contribution in [0.15, 0.2) is 18.3 Å². The average molecular weight is 352 g/mol. The molecule has 0 spiro atoms. The third kappa shape index (κ3) is 2.98. The Morgan fingerprint density at radius 2 is 2.00 bits per heavy atom. The topological polar surface area (TPSA) is 91.1 Å². The first kappa shape index (κ1) is 16.8. The number of fused-ring (bicyclic) bond motifs is 1. The van der Waals surface area contributed by atoms with Crippen LogP contribution in [0.2, 0.25) is 0 Å². The van der Waals surface area contributed by atoms with Crippen molar-refractivity contribution in [3.8, 4) is 11.5 Å². The van der Waals surface area contributed by atoms with Crippen molar-refractivity contribution >= 4 is 11.6 Å². The predicted molar refractivity (Wildman–Crippen MR) is 98.7 cm³/mol. The van der Waals surface area contributed by atoms with Gasteiger partial charge in [0, 0.05) is 6.20 Å². The summed E-state index contributed by atoms with van der Waals surface area (Å²) in [5.41, 5.74) is 9.28. The number of amides is 1. The molecule has 2 N–H and O–H groups in total. The number of hydrogen-bond acceptors (Lipinski definition) is 4. The van der Waals surface area contributed by atoms with Gasteiger partial charge in [-0.15, -0.1) is 0 Å². The maximum absolute atomic E-state index is 11.4. The lowest BCUT2D eigenvalue weighted by Gasteiger charge is -2.23. The fourth-order valence-electron chi connectivity index (χ4n) is 3.87. The molecule has 7 heteroatoms. The molecule has 7 nitrogen and oxygen atoms in total. The molecule has 3 aromatic rings. The number of nitrogens with two attached hydrogens (primary N) is 1.